The summed E-state index contributed by atoms with van der Waals surface area (Å²) in [5, 5.41) is 5.12. The molecule has 0 aromatic heterocycles. The van der Waals surface area contributed by atoms with Gasteiger partial charge in [-0.15, -0.1) is 0 Å². The maximum absolute atomic E-state index is 11.0. The van der Waals surface area contributed by atoms with Gasteiger partial charge in [-0.25, -0.2) is 13.6 Å². The van der Waals surface area contributed by atoms with E-state index in [2.05, 4.69) is 0 Å². The molecule has 7 heteroatoms. The van der Waals surface area contributed by atoms with Gasteiger partial charge in [-0.2, -0.15) is 0 Å². The molecule has 1 rings (SSSR count). The van der Waals surface area contributed by atoms with Crippen LogP contribution in [-0.4, -0.2) is 15.0 Å². The second kappa shape index (κ2) is 5.54. The molecule has 0 unspecified atom stereocenters. The quantitative estimate of drug-likeness (QED) is 0.919. The van der Waals surface area contributed by atoms with Crippen LogP contribution in [0.2, 0.25) is 5.02 Å². The molecule has 1 aromatic rings. The van der Waals surface area contributed by atoms with Crippen LogP contribution in [0.15, 0.2) is 34.7 Å². The molecule has 0 fully saturated rings. The van der Waals surface area contributed by atoms with Crippen LogP contribution in [0.4, 0.5) is 0 Å². The smallest absolute Gasteiger partial charge is 0.238 e. The summed E-state index contributed by atoms with van der Waals surface area (Å²) in [5.41, 5.74) is 1.31. The molecule has 0 aliphatic heterocycles. The van der Waals surface area contributed by atoms with E-state index in [1.165, 1.54) is 23.7 Å². The molecule has 0 aliphatic carbocycles. The first-order valence-electron chi connectivity index (χ1n) is 4.15. The van der Waals surface area contributed by atoms with Crippen LogP contribution >= 0.6 is 23.2 Å². The largest absolute Gasteiger partial charge is 0.488 e. The summed E-state index contributed by atoms with van der Waals surface area (Å²) in [6.45, 7) is 0.248. The zero-order valence-electron chi connectivity index (χ0n) is 8.06. The van der Waals surface area contributed by atoms with E-state index in [0.29, 0.717) is 5.75 Å². The third kappa shape index (κ3) is 3.68. The van der Waals surface area contributed by atoms with Gasteiger partial charge in [-0.05, 0) is 24.3 Å². The summed E-state index contributed by atoms with van der Waals surface area (Å²) in [6.07, 6.45) is 1.57. The van der Waals surface area contributed by atoms with Crippen LogP contribution in [0.3, 0.4) is 0 Å². The lowest BCUT2D eigenvalue weighted by molar-refractivity contribution is 0.363. The van der Waals surface area contributed by atoms with Crippen molar-refractivity contribution in [3.05, 3.63) is 34.8 Å². The van der Waals surface area contributed by atoms with Crippen LogP contribution in [0, 0.1) is 0 Å². The Labute approximate surface area is 104 Å². The van der Waals surface area contributed by atoms with E-state index < -0.39 is 10.0 Å². The lowest BCUT2D eigenvalue weighted by Crippen LogP contribution is -2.12. The highest BCUT2D eigenvalue weighted by atomic mass is 35.5. The fourth-order valence-corrected chi connectivity index (χ4v) is 1.86. The van der Waals surface area contributed by atoms with Crippen LogP contribution < -0.4 is 9.88 Å². The number of primary sulfonamides is 1. The number of halogens is 2. The highest BCUT2D eigenvalue weighted by Crippen LogP contribution is 2.26. The van der Waals surface area contributed by atoms with Crippen LogP contribution in [-0.2, 0) is 10.0 Å². The molecule has 0 spiro atoms. The molecule has 16 heavy (non-hydrogen) atoms. The minimum Gasteiger partial charge on any atom is -0.488 e. The summed E-state index contributed by atoms with van der Waals surface area (Å²) in [5.74, 6) is 0.365. The molecular weight excluding hydrogens is 273 g/mol. The van der Waals surface area contributed by atoms with Gasteiger partial charge < -0.3 is 4.74 Å². The van der Waals surface area contributed by atoms with E-state index >= 15 is 0 Å². The first-order chi connectivity index (χ1) is 7.45. The lowest BCUT2D eigenvalue weighted by Gasteiger charge is -2.06. The van der Waals surface area contributed by atoms with E-state index in [9.17, 15) is 8.42 Å². The Morgan fingerprint density at radius 3 is 2.62 bits per heavy atom. The van der Waals surface area contributed by atoms with E-state index in [0.717, 1.165) is 0 Å². The SMILES string of the molecule is NS(=O)(=O)c1ccc(OC/C=C/Cl)c(Cl)c1. The summed E-state index contributed by atoms with van der Waals surface area (Å²) in [7, 11) is -3.74. The number of hydrogen-bond acceptors (Lipinski definition) is 3. The van der Waals surface area contributed by atoms with Gasteiger partial charge in [0, 0.05) is 5.54 Å². The Hall–Kier alpha value is -0.750. The summed E-state index contributed by atoms with van der Waals surface area (Å²) in [4.78, 5) is -0.0577. The van der Waals surface area contributed by atoms with Gasteiger partial charge in [0.25, 0.3) is 0 Å². The van der Waals surface area contributed by atoms with Gasteiger partial charge in [-0.3, -0.25) is 0 Å². The predicted octanol–water partition coefficient (Wildman–Crippen LogP) is 2.12. The fourth-order valence-electron chi connectivity index (χ4n) is 0.950. The molecule has 0 saturated heterocycles. The molecule has 0 atom stereocenters. The van der Waals surface area contributed by atoms with E-state index in [4.69, 9.17) is 33.1 Å². The second-order valence-electron chi connectivity index (χ2n) is 2.81. The molecule has 0 heterocycles. The van der Waals surface area contributed by atoms with Crippen LogP contribution in [0.25, 0.3) is 0 Å². The average Bonchev–Trinajstić information content (AvgIpc) is 2.19. The molecule has 1 aromatic carbocycles. The minimum atomic E-state index is -3.74. The maximum atomic E-state index is 11.0. The number of hydrogen-bond donors (Lipinski definition) is 1. The van der Waals surface area contributed by atoms with Gasteiger partial charge in [-0.1, -0.05) is 23.2 Å². The molecular formula is C9H9Cl2NO3S. The number of rotatable bonds is 4. The van der Waals surface area contributed by atoms with Crippen molar-refractivity contribution in [3.63, 3.8) is 0 Å². The van der Waals surface area contributed by atoms with Gasteiger partial charge in [0.15, 0.2) is 0 Å². The van der Waals surface area contributed by atoms with Crippen molar-refractivity contribution in [2.24, 2.45) is 5.14 Å². The minimum absolute atomic E-state index is 0.0577. The maximum Gasteiger partial charge on any atom is 0.238 e. The Kier molecular flexibility index (Phi) is 4.61. The van der Waals surface area contributed by atoms with Gasteiger partial charge >= 0.3 is 0 Å². The van der Waals surface area contributed by atoms with E-state index in [-0.39, 0.29) is 16.5 Å². The van der Waals surface area contributed by atoms with E-state index in [1.807, 2.05) is 0 Å². The summed E-state index contributed by atoms with van der Waals surface area (Å²) in [6, 6.07) is 3.99. The molecule has 0 bridgehead atoms. The third-order valence-electron chi connectivity index (χ3n) is 1.66. The standard InChI is InChI=1S/C9H9Cl2NO3S/c10-4-1-5-15-9-3-2-7(6-8(9)11)16(12,13)14/h1-4,6H,5H2,(H2,12,13,14)/b4-1+. The van der Waals surface area contributed by atoms with Crippen molar-refractivity contribution in [1.82, 2.24) is 0 Å². The molecule has 0 saturated carbocycles. The van der Waals surface area contributed by atoms with Crippen LogP contribution in [0.1, 0.15) is 0 Å². The van der Waals surface area contributed by atoms with Crippen LogP contribution in [0.5, 0.6) is 5.75 Å². The van der Waals surface area contributed by atoms with Crippen molar-refractivity contribution < 1.29 is 13.2 Å². The van der Waals surface area contributed by atoms with Crippen molar-refractivity contribution in [2.45, 2.75) is 4.90 Å². The zero-order valence-corrected chi connectivity index (χ0v) is 10.4. The second-order valence-corrected chi connectivity index (χ2v) is 5.03. The Morgan fingerprint density at radius 1 is 1.44 bits per heavy atom. The topological polar surface area (TPSA) is 69.4 Å². The lowest BCUT2D eigenvalue weighted by atomic mass is 10.3. The molecule has 88 valence electrons. The fraction of sp³-hybridized carbons (Fsp3) is 0.111. The molecule has 4 nitrogen and oxygen atoms in total. The van der Waals surface area contributed by atoms with Gasteiger partial charge in [0.2, 0.25) is 10.0 Å². The number of sulfonamides is 1. The van der Waals surface area contributed by atoms with Crippen molar-refractivity contribution in [1.29, 1.82) is 0 Å². The number of benzene rings is 1. The number of ether oxygens (including phenoxy) is 1. The van der Waals surface area contributed by atoms with Crippen molar-refractivity contribution in [3.8, 4) is 5.75 Å². The van der Waals surface area contributed by atoms with Crippen molar-refractivity contribution in [2.75, 3.05) is 6.61 Å². The normalized spacial score (nSPS) is 11.9. The zero-order chi connectivity index (χ0) is 12.2. The Balaban J connectivity index is 2.92. The number of nitrogens with two attached hydrogens (primary N) is 1. The monoisotopic (exact) mass is 281 g/mol. The first kappa shape index (κ1) is 13.3. The summed E-state index contributed by atoms with van der Waals surface area (Å²) < 4.78 is 27.2. The molecule has 0 amide bonds. The van der Waals surface area contributed by atoms with Gasteiger partial charge in [0.05, 0.1) is 9.92 Å². The molecule has 0 radical (unpaired) electrons. The van der Waals surface area contributed by atoms with Crippen molar-refractivity contribution >= 4 is 33.2 Å². The predicted molar refractivity (Wildman–Crippen MR) is 63.3 cm³/mol. The highest BCUT2D eigenvalue weighted by molar-refractivity contribution is 7.89. The first-order valence-corrected chi connectivity index (χ1v) is 6.51. The van der Waals surface area contributed by atoms with E-state index in [1.54, 1.807) is 6.08 Å². The average molecular weight is 282 g/mol. The Morgan fingerprint density at radius 2 is 2.12 bits per heavy atom. The molecule has 2 N–H and O–H groups in total. The Bertz CT molecular complexity index is 499. The third-order valence-corrected chi connectivity index (χ3v) is 3.04. The highest BCUT2D eigenvalue weighted by Gasteiger charge is 2.10. The summed E-state index contributed by atoms with van der Waals surface area (Å²) >= 11 is 11.1. The molecule has 0 aliphatic rings. The van der Waals surface area contributed by atoms with Gasteiger partial charge in [0.1, 0.15) is 12.4 Å².